The van der Waals surface area contributed by atoms with Crippen LogP contribution in [0, 0.1) is 0 Å². The first kappa shape index (κ1) is 15.0. The average Bonchev–Trinajstić information content (AvgIpc) is 3.03. The Morgan fingerprint density at radius 3 is 2.90 bits per heavy atom. The molecule has 21 heavy (non-hydrogen) atoms. The molecule has 0 bridgehead atoms. The van der Waals surface area contributed by atoms with E-state index < -0.39 is 0 Å². The van der Waals surface area contributed by atoms with E-state index in [0.717, 1.165) is 31.6 Å². The van der Waals surface area contributed by atoms with Gasteiger partial charge in [0.25, 0.3) is 5.91 Å². The summed E-state index contributed by atoms with van der Waals surface area (Å²) in [4.78, 5) is 16.1. The van der Waals surface area contributed by atoms with E-state index in [0.29, 0.717) is 12.2 Å². The molecule has 0 fully saturated rings. The maximum Gasteiger partial charge on any atom is 0.269 e. The number of hydrogen-bond acceptors (Lipinski definition) is 5. The largest absolute Gasteiger partial charge is 0.384 e. The van der Waals surface area contributed by atoms with Gasteiger partial charge in [0, 0.05) is 25.8 Å². The van der Waals surface area contributed by atoms with Gasteiger partial charge in [0.05, 0.1) is 18.1 Å². The number of carbonyl (C=O) groups excluding carboxylic acids is 1. The van der Waals surface area contributed by atoms with Gasteiger partial charge in [0.15, 0.2) is 0 Å². The van der Waals surface area contributed by atoms with Gasteiger partial charge in [-0.1, -0.05) is 12.1 Å². The van der Waals surface area contributed by atoms with Gasteiger partial charge < -0.3 is 10.6 Å². The number of pyridine rings is 1. The van der Waals surface area contributed by atoms with Crippen molar-refractivity contribution in [2.24, 2.45) is 0 Å². The molecule has 0 saturated heterocycles. The van der Waals surface area contributed by atoms with Crippen LogP contribution < -0.4 is 10.6 Å². The van der Waals surface area contributed by atoms with Crippen LogP contribution in [0.4, 0.5) is 5.69 Å². The molecule has 112 valence electrons. The summed E-state index contributed by atoms with van der Waals surface area (Å²) in [6.07, 6.45) is 6.96. The van der Waals surface area contributed by atoms with Crippen molar-refractivity contribution in [3.8, 4) is 0 Å². The third kappa shape index (κ3) is 4.87. The van der Waals surface area contributed by atoms with Crippen molar-refractivity contribution in [2.45, 2.75) is 26.3 Å². The van der Waals surface area contributed by atoms with Crippen molar-refractivity contribution in [1.82, 2.24) is 25.3 Å². The maximum absolute atomic E-state index is 11.9. The molecule has 2 N–H and O–H groups in total. The van der Waals surface area contributed by atoms with Crippen LogP contribution in [0.5, 0.6) is 0 Å². The monoisotopic (exact) mass is 288 g/mol. The van der Waals surface area contributed by atoms with Crippen LogP contribution in [0.25, 0.3) is 0 Å². The van der Waals surface area contributed by atoms with E-state index in [1.165, 1.54) is 0 Å². The lowest BCUT2D eigenvalue weighted by Gasteiger charge is -2.06. The normalized spacial score (nSPS) is 10.3. The summed E-state index contributed by atoms with van der Waals surface area (Å²) < 4.78 is 1.73. The lowest BCUT2D eigenvalue weighted by Crippen LogP contribution is -2.26. The molecule has 0 saturated carbocycles. The predicted molar refractivity (Wildman–Crippen MR) is 80.0 cm³/mol. The highest BCUT2D eigenvalue weighted by atomic mass is 16.1. The van der Waals surface area contributed by atoms with E-state index >= 15 is 0 Å². The zero-order chi connectivity index (χ0) is 14.9. The van der Waals surface area contributed by atoms with Crippen molar-refractivity contribution in [2.75, 3.05) is 18.4 Å². The van der Waals surface area contributed by atoms with Crippen molar-refractivity contribution in [3.05, 3.63) is 36.4 Å². The molecule has 2 heterocycles. The minimum atomic E-state index is -0.157. The highest BCUT2D eigenvalue weighted by Gasteiger charge is 2.06. The second-order valence-electron chi connectivity index (χ2n) is 4.63. The van der Waals surface area contributed by atoms with Crippen LogP contribution >= 0.6 is 0 Å². The minimum Gasteiger partial charge on any atom is -0.384 e. The standard InChI is InChI=1S/C14H20N6O/c1-2-6-15-12-4-5-13(17-11-12)14(21)16-7-3-9-20-10-8-18-19-20/h4-5,8,10-11,15H,2-3,6-7,9H2,1H3,(H,16,21). The first-order chi connectivity index (χ1) is 10.3. The van der Waals surface area contributed by atoms with Crippen LogP contribution in [-0.2, 0) is 6.54 Å². The molecule has 0 radical (unpaired) electrons. The summed E-state index contributed by atoms with van der Waals surface area (Å²) in [5.41, 5.74) is 1.36. The first-order valence-electron chi connectivity index (χ1n) is 7.12. The van der Waals surface area contributed by atoms with Crippen LogP contribution in [0.2, 0.25) is 0 Å². The fraction of sp³-hybridized carbons (Fsp3) is 0.429. The number of nitrogens with one attached hydrogen (secondary N) is 2. The molecule has 0 atom stereocenters. The topological polar surface area (TPSA) is 84.7 Å². The molecule has 0 aliphatic heterocycles. The summed E-state index contributed by atoms with van der Waals surface area (Å²) in [6.45, 7) is 4.31. The van der Waals surface area contributed by atoms with Gasteiger partial charge in [0.1, 0.15) is 5.69 Å². The Kier molecular flexibility index (Phi) is 5.69. The molecule has 2 aromatic rings. The molecule has 1 amide bonds. The molecule has 0 aliphatic rings. The van der Waals surface area contributed by atoms with Crippen molar-refractivity contribution in [3.63, 3.8) is 0 Å². The number of nitrogens with zero attached hydrogens (tertiary/aromatic N) is 4. The smallest absolute Gasteiger partial charge is 0.269 e. The number of aryl methyl sites for hydroxylation is 1. The van der Waals surface area contributed by atoms with E-state index in [1.807, 2.05) is 6.07 Å². The predicted octanol–water partition coefficient (Wildman–Crippen LogP) is 1.32. The van der Waals surface area contributed by atoms with Gasteiger partial charge in [-0.3, -0.25) is 9.48 Å². The number of carbonyl (C=O) groups is 1. The Morgan fingerprint density at radius 1 is 1.33 bits per heavy atom. The molecule has 2 rings (SSSR count). The van der Waals surface area contributed by atoms with Crippen LogP contribution in [0.3, 0.4) is 0 Å². The zero-order valence-corrected chi connectivity index (χ0v) is 12.1. The van der Waals surface area contributed by atoms with Crippen molar-refractivity contribution >= 4 is 11.6 Å². The molecule has 2 aromatic heterocycles. The highest BCUT2D eigenvalue weighted by Crippen LogP contribution is 2.06. The zero-order valence-electron chi connectivity index (χ0n) is 12.1. The fourth-order valence-electron chi connectivity index (χ4n) is 1.79. The Bertz CT molecular complexity index is 537. The van der Waals surface area contributed by atoms with Gasteiger partial charge in [0.2, 0.25) is 0 Å². The van der Waals surface area contributed by atoms with Gasteiger partial charge in [-0.2, -0.15) is 0 Å². The Labute approximate surface area is 123 Å². The maximum atomic E-state index is 11.9. The number of aromatic nitrogens is 4. The Morgan fingerprint density at radius 2 is 2.24 bits per heavy atom. The van der Waals surface area contributed by atoms with Crippen LogP contribution in [0.1, 0.15) is 30.3 Å². The summed E-state index contributed by atoms with van der Waals surface area (Å²) in [6, 6.07) is 3.59. The quantitative estimate of drug-likeness (QED) is 0.716. The second-order valence-corrected chi connectivity index (χ2v) is 4.63. The highest BCUT2D eigenvalue weighted by molar-refractivity contribution is 5.92. The third-order valence-corrected chi connectivity index (χ3v) is 2.90. The Balaban J connectivity index is 1.72. The molecule has 7 heteroatoms. The lowest BCUT2D eigenvalue weighted by molar-refractivity contribution is 0.0947. The van der Waals surface area contributed by atoms with E-state index in [4.69, 9.17) is 0 Å². The van der Waals surface area contributed by atoms with Crippen LogP contribution in [-0.4, -0.2) is 39.0 Å². The van der Waals surface area contributed by atoms with E-state index in [1.54, 1.807) is 29.3 Å². The van der Waals surface area contributed by atoms with E-state index in [9.17, 15) is 4.79 Å². The van der Waals surface area contributed by atoms with Crippen LogP contribution in [0.15, 0.2) is 30.7 Å². The molecular formula is C14H20N6O. The molecule has 0 spiro atoms. The Hall–Kier alpha value is -2.44. The third-order valence-electron chi connectivity index (χ3n) is 2.90. The van der Waals surface area contributed by atoms with Gasteiger partial charge >= 0.3 is 0 Å². The minimum absolute atomic E-state index is 0.157. The number of anilines is 1. The van der Waals surface area contributed by atoms with Gasteiger partial charge in [-0.25, -0.2) is 4.98 Å². The van der Waals surface area contributed by atoms with E-state index in [-0.39, 0.29) is 5.91 Å². The molecule has 0 unspecified atom stereocenters. The fourth-order valence-corrected chi connectivity index (χ4v) is 1.79. The summed E-state index contributed by atoms with van der Waals surface area (Å²) in [5.74, 6) is -0.157. The summed E-state index contributed by atoms with van der Waals surface area (Å²) >= 11 is 0. The lowest BCUT2D eigenvalue weighted by atomic mass is 10.3. The molecule has 0 aromatic carbocycles. The van der Waals surface area contributed by atoms with Gasteiger partial charge in [-0.05, 0) is 25.0 Å². The molecule has 0 aliphatic carbocycles. The number of rotatable bonds is 8. The second kappa shape index (κ2) is 7.98. The average molecular weight is 288 g/mol. The molecule has 7 nitrogen and oxygen atoms in total. The number of hydrogen-bond donors (Lipinski definition) is 2. The summed E-state index contributed by atoms with van der Waals surface area (Å²) in [5, 5.41) is 13.6. The first-order valence-corrected chi connectivity index (χ1v) is 7.12. The summed E-state index contributed by atoms with van der Waals surface area (Å²) in [7, 11) is 0. The molecular weight excluding hydrogens is 268 g/mol. The van der Waals surface area contributed by atoms with Gasteiger partial charge in [-0.15, -0.1) is 5.10 Å². The van der Waals surface area contributed by atoms with E-state index in [2.05, 4.69) is 32.9 Å². The SMILES string of the molecule is CCCNc1ccc(C(=O)NCCCn2ccnn2)nc1. The van der Waals surface area contributed by atoms with Crippen molar-refractivity contribution < 1.29 is 4.79 Å². The van der Waals surface area contributed by atoms with Crippen molar-refractivity contribution in [1.29, 1.82) is 0 Å². The number of amides is 1.